The van der Waals surface area contributed by atoms with Gasteiger partial charge in [-0.05, 0) is 43.7 Å². The normalized spacial score (nSPS) is 11.9. The summed E-state index contributed by atoms with van der Waals surface area (Å²) in [6, 6.07) is 6.94. The Morgan fingerprint density at radius 3 is 2.63 bits per heavy atom. The molecule has 3 N–H and O–H groups in total. The van der Waals surface area contributed by atoms with Crippen LogP contribution in [0, 0.1) is 6.92 Å². The summed E-state index contributed by atoms with van der Waals surface area (Å²) >= 11 is 0. The van der Waals surface area contributed by atoms with Crippen LogP contribution >= 0.6 is 0 Å². The topological polar surface area (TPSA) is 80.9 Å². The van der Waals surface area contributed by atoms with Gasteiger partial charge in [0.05, 0.1) is 6.04 Å². The van der Waals surface area contributed by atoms with Gasteiger partial charge in [-0.2, -0.15) is 0 Å². The van der Waals surface area contributed by atoms with Crippen LogP contribution < -0.4 is 11.1 Å². The number of nitrogens with two attached hydrogens (primary N) is 1. The molecule has 0 aliphatic heterocycles. The Kier molecular flexibility index (Phi) is 3.75. The Labute approximate surface area is 111 Å². The van der Waals surface area contributed by atoms with E-state index in [9.17, 15) is 4.79 Å². The van der Waals surface area contributed by atoms with Gasteiger partial charge in [0, 0.05) is 23.7 Å². The van der Waals surface area contributed by atoms with Gasteiger partial charge < -0.3 is 11.1 Å². The number of rotatable bonds is 3. The maximum Gasteiger partial charge on any atom is 0.251 e. The molecular weight excluding hydrogens is 240 g/mol. The van der Waals surface area contributed by atoms with E-state index in [2.05, 4.69) is 15.3 Å². The van der Waals surface area contributed by atoms with E-state index in [0.717, 1.165) is 11.3 Å². The van der Waals surface area contributed by atoms with Gasteiger partial charge >= 0.3 is 0 Å². The molecule has 0 aliphatic rings. The van der Waals surface area contributed by atoms with Crippen molar-refractivity contribution >= 4 is 11.7 Å². The molecular formula is C14H16N4O. The average molecular weight is 256 g/mol. The average Bonchev–Trinajstić information content (AvgIpc) is 2.38. The van der Waals surface area contributed by atoms with Crippen LogP contribution in [0.15, 0.2) is 36.7 Å². The third kappa shape index (κ3) is 3.28. The van der Waals surface area contributed by atoms with E-state index in [1.54, 1.807) is 31.5 Å². The first kappa shape index (κ1) is 13.0. The highest BCUT2D eigenvalue weighted by Crippen LogP contribution is 2.13. The molecule has 0 saturated heterocycles. The van der Waals surface area contributed by atoms with Crippen LogP contribution in [0.2, 0.25) is 0 Å². The van der Waals surface area contributed by atoms with Crippen molar-refractivity contribution in [3.63, 3.8) is 0 Å². The summed E-state index contributed by atoms with van der Waals surface area (Å²) in [5, 5.41) is 2.92. The molecule has 0 bridgehead atoms. The van der Waals surface area contributed by atoms with E-state index in [1.807, 2.05) is 19.1 Å². The van der Waals surface area contributed by atoms with Gasteiger partial charge in [0.1, 0.15) is 5.82 Å². The highest BCUT2D eigenvalue weighted by atomic mass is 16.1. The molecule has 2 aromatic heterocycles. The number of aromatic nitrogens is 2. The molecule has 0 radical (unpaired) electrons. The fourth-order valence-corrected chi connectivity index (χ4v) is 1.84. The number of carbonyl (C=O) groups excluding carboxylic acids is 1. The smallest absolute Gasteiger partial charge is 0.251 e. The van der Waals surface area contributed by atoms with Gasteiger partial charge in [-0.15, -0.1) is 0 Å². The molecule has 1 atom stereocenters. The maximum atomic E-state index is 12.1. The van der Waals surface area contributed by atoms with E-state index < -0.39 is 0 Å². The van der Waals surface area contributed by atoms with Crippen LogP contribution in [0.25, 0.3) is 0 Å². The minimum atomic E-state index is -0.165. The van der Waals surface area contributed by atoms with E-state index >= 15 is 0 Å². The molecule has 98 valence electrons. The number of anilines is 1. The summed E-state index contributed by atoms with van der Waals surface area (Å²) < 4.78 is 0. The van der Waals surface area contributed by atoms with Crippen molar-refractivity contribution in [3.8, 4) is 0 Å². The van der Waals surface area contributed by atoms with Gasteiger partial charge in [-0.1, -0.05) is 0 Å². The molecule has 2 rings (SSSR count). The predicted octanol–water partition coefficient (Wildman–Crippen LogP) is 1.86. The van der Waals surface area contributed by atoms with Crippen LogP contribution in [-0.4, -0.2) is 15.9 Å². The van der Waals surface area contributed by atoms with Gasteiger partial charge in [0.15, 0.2) is 0 Å². The maximum absolute atomic E-state index is 12.1. The Morgan fingerprint density at radius 1 is 1.32 bits per heavy atom. The Hall–Kier alpha value is -2.43. The number of aryl methyl sites for hydroxylation is 1. The largest absolute Gasteiger partial charge is 0.384 e. The summed E-state index contributed by atoms with van der Waals surface area (Å²) in [7, 11) is 0. The van der Waals surface area contributed by atoms with E-state index in [1.165, 1.54) is 0 Å². The lowest BCUT2D eigenvalue weighted by atomic mass is 10.1. The Bertz CT molecular complexity index is 563. The van der Waals surface area contributed by atoms with Crippen LogP contribution in [0.4, 0.5) is 5.82 Å². The first-order chi connectivity index (χ1) is 9.06. The van der Waals surface area contributed by atoms with Crippen LogP contribution in [-0.2, 0) is 0 Å². The number of hydrogen-bond acceptors (Lipinski definition) is 4. The molecule has 0 saturated carbocycles. The van der Waals surface area contributed by atoms with Crippen molar-refractivity contribution < 1.29 is 4.79 Å². The molecule has 1 amide bonds. The number of pyridine rings is 2. The summed E-state index contributed by atoms with van der Waals surface area (Å²) in [6.45, 7) is 3.73. The van der Waals surface area contributed by atoms with Gasteiger partial charge in [0.25, 0.3) is 5.91 Å². The predicted molar refractivity (Wildman–Crippen MR) is 73.5 cm³/mol. The highest BCUT2D eigenvalue weighted by Gasteiger charge is 2.12. The number of hydrogen-bond donors (Lipinski definition) is 2. The SMILES string of the molecule is Cc1cc(C(=O)NC(C)c2ccncc2)cc(N)n1. The molecule has 0 aromatic carbocycles. The van der Waals surface area contributed by atoms with E-state index in [-0.39, 0.29) is 11.9 Å². The number of amides is 1. The first-order valence-corrected chi connectivity index (χ1v) is 6.01. The summed E-state index contributed by atoms with van der Waals surface area (Å²) in [5.41, 5.74) is 7.88. The van der Waals surface area contributed by atoms with Gasteiger partial charge in [-0.25, -0.2) is 4.98 Å². The second kappa shape index (κ2) is 5.48. The van der Waals surface area contributed by atoms with Crippen molar-refractivity contribution in [2.24, 2.45) is 0 Å². The molecule has 0 fully saturated rings. The highest BCUT2D eigenvalue weighted by molar-refractivity contribution is 5.95. The standard InChI is InChI=1S/C14H16N4O/c1-9-7-12(8-13(15)17-9)14(19)18-10(2)11-3-5-16-6-4-11/h3-8,10H,1-2H3,(H2,15,17)(H,18,19). The molecule has 5 heteroatoms. The second-order valence-electron chi connectivity index (χ2n) is 4.40. The molecule has 1 unspecified atom stereocenters. The Morgan fingerprint density at radius 2 is 2.00 bits per heavy atom. The Balaban J connectivity index is 2.13. The minimum Gasteiger partial charge on any atom is -0.384 e. The quantitative estimate of drug-likeness (QED) is 0.878. The van der Waals surface area contributed by atoms with Crippen molar-refractivity contribution in [2.45, 2.75) is 19.9 Å². The monoisotopic (exact) mass is 256 g/mol. The second-order valence-corrected chi connectivity index (χ2v) is 4.40. The van der Waals surface area contributed by atoms with Crippen LogP contribution in [0.1, 0.15) is 34.6 Å². The van der Waals surface area contributed by atoms with Crippen molar-refractivity contribution in [1.29, 1.82) is 0 Å². The lowest BCUT2D eigenvalue weighted by Gasteiger charge is -2.14. The van der Waals surface area contributed by atoms with Crippen molar-refractivity contribution in [3.05, 3.63) is 53.5 Å². The third-order valence-corrected chi connectivity index (χ3v) is 2.79. The fraction of sp³-hybridized carbons (Fsp3) is 0.214. The van der Waals surface area contributed by atoms with Crippen LogP contribution in [0.5, 0.6) is 0 Å². The van der Waals surface area contributed by atoms with Crippen LogP contribution in [0.3, 0.4) is 0 Å². The molecule has 5 nitrogen and oxygen atoms in total. The zero-order valence-corrected chi connectivity index (χ0v) is 10.9. The molecule has 0 aliphatic carbocycles. The summed E-state index contributed by atoms with van der Waals surface area (Å²) in [4.78, 5) is 20.1. The third-order valence-electron chi connectivity index (χ3n) is 2.79. The zero-order valence-electron chi connectivity index (χ0n) is 10.9. The number of nitrogens with one attached hydrogen (secondary N) is 1. The first-order valence-electron chi connectivity index (χ1n) is 6.01. The molecule has 2 heterocycles. The zero-order chi connectivity index (χ0) is 13.8. The lowest BCUT2D eigenvalue weighted by molar-refractivity contribution is 0.0939. The van der Waals surface area contributed by atoms with Crippen molar-refractivity contribution in [1.82, 2.24) is 15.3 Å². The number of nitrogen functional groups attached to an aromatic ring is 1. The fourth-order valence-electron chi connectivity index (χ4n) is 1.84. The lowest BCUT2D eigenvalue weighted by Crippen LogP contribution is -2.26. The summed E-state index contributed by atoms with van der Waals surface area (Å²) in [5.74, 6) is 0.184. The molecule has 19 heavy (non-hydrogen) atoms. The minimum absolute atomic E-state index is 0.0924. The van der Waals surface area contributed by atoms with Crippen molar-refractivity contribution in [2.75, 3.05) is 5.73 Å². The van der Waals surface area contributed by atoms with Gasteiger partial charge in [0.2, 0.25) is 0 Å². The van der Waals surface area contributed by atoms with Gasteiger partial charge in [-0.3, -0.25) is 9.78 Å². The van der Waals surface area contributed by atoms with E-state index in [0.29, 0.717) is 11.4 Å². The number of carbonyl (C=O) groups is 1. The summed E-state index contributed by atoms with van der Waals surface area (Å²) in [6.07, 6.45) is 3.40. The molecule has 2 aromatic rings. The molecule has 0 spiro atoms. The number of nitrogens with zero attached hydrogens (tertiary/aromatic N) is 2. The van der Waals surface area contributed by atoms with E-state index in [4.69, 9.17) is 5.73 Å².